The van der Waals surface area contributed by atoms with Gasteiger partial charge < -0.3 is 10.1 Å². The number of ether oxygens (including phenoxy) is 1. The smallest absolute Gasteiger partial charge is 0.248 e. The summed E-state index contributed by atoms with van der Waals surface area (Å²) in [6.07, 6.45) is 4.31. The number of nitrogens with zero attached hydrogens (tertiary/aromatic N) is 1. The fraction of sp³-hybridized carbons (Fsp3) is 0.308. The van der Waals surface area contributed by atoms with E-state index in [0.717, 1.165) is 30.6 Å². The first-order valence-electron chi connectivity index (χ1n) is 11.1. The Morgan fingerprint density at radius 3 is 2.61 bits per heavy atom. The van der Waals surface area contributed by atoms with Crippen molar-refractivity contribution in [3.05, 3.63) is 81.5 Å². The average molecular weight is 483 g/mol. The van der Waals surface area contributed by atoms with Gasteiger partial charge in [-0.05, 0) is 60.2 Å². The molecular formula is C26H27ClN2O3S. The first kappa shape index (κ1) is 23.3. The van der Waals surface area contributed by atoms with Gasteiger partial charge in [-0.2, -0.15) is 0 Å². The van der Waals surface area contributed by atoms with E-state index in [2.05, 4.69) is 5.32 Å². The predicted molar refractivity (Wildman–Crippen MR) is 133 cm³/mol. The zero-order chi connectivity index (χ0) is 23.2. The summed E-state index contributed by atoms with van der Waals surface area (Å²) in [5.74, 6) is 0.256. The summed E-state index contributed by atoms with van der Waals surface area (Å²) in [7, 11) is 1.59. The molecule has 1 aliphatic rings. The van der Waals surface area contributed by atoms with Crippen LogP contribution in [0.15, 0.2) is 66.0 Å². The Hall–Kier alpha value is -2.83. The zero-order valence-electron chi connectivity index (χ0n) is 18.5. The van der Waals surface area contributed by atoms with E-state index in [0.29, 0.717) is 22.0 Å². The third-order valence-electron chi connectivity index (χ3n) is 5.88. The van der Waals surface area contributed by atoms with Crippen molar-refractivity contribution in [2.24, 2.45) is 0 Å². The number of nitrogens with one attached hydrogen (secondary N) is 1. The van der Waals surface area contributed by atoms with Gasteiger partial charge >= 0.3 is 0 Å². The highest BCUT2D eigenvalue weighted by Gasteiger charge is 2.34. The van der Waals surface area contributed by atoms with Gasteiger partial charge in [-0.15, -0.1) is 11.3 Å². The number of amides is 2. The average Bonchev–Trinajstić information content (AvgIpc) is 3.51. The molecule has 1 aromatic heterocycles. The minimum Gasteiger partial charge on any atom is -0.497 e. The SMILES string of the molecule is COc1cccc([C@@H](C(=O)NC2CCCC2)N(C(=O)Cc2cccs2)c2cccc(Cl)c2)c1. The van der Waals surface area contributed by atoms with E-state index >= 15 is 0 Å². The Labute approximate surface area is 203 Å². The second-order valence-corrected chi connectivity index (χ2v) is 9.64. The molecule has 1 saturated carbocycles. The van der Waals surface area contributed by atoms with Crippen LogP contribution in [0.3, 0.4) is 0 Å². The maximum absolute atomic E-state index is 13.7. The van der Waals surface area contributed by atoms with Crippen molar-refractivity contribution < 1.29 is 14.3 Å². The molecule has 0 saturated heterocycles. The Morgan fingerprint density at radius 1 is 1.12 bits per heavy atom. The van der Waals surface area contributed by atoms with E-state index in [-0.39, 0.29) is 24.3 Å². The molecule has 0 bridgehead atoms. The van der Waals surface area contributed by atoms with E-state index in [1.54, 1.807) is 30.2 Å². The largest absolute Gasteiger partial charge is 0.497 e. The number of methoxy groups -OCH3 is 1. The second kappa shape index (κ2) is 10.9. The summed E-state index contributed by atoms with van der Waals surface area (Å²) in [5.41, 5.74) is 1.27. The van der Waals surface area contributed by atoms with Gasteiger partial charge in [0.25, 0.3) is 0 Å². The molecule has 33 heavy (non-hydrogen) atoms. The van der Waals surface area contributed by atoms with Crippen LogP contribution in [0.1, 0.15) is 42.2 Å². The molecule has 3 aromatic rings. The predicted octanol–water partition coefficient (Wildman–Crippen LogP) is 5.79. The normalized spacial score (nSPS) is 14.6. The number of halogens is 1. The molecule has 0 aliphatic heterocycles. The maximum atomic E-state index is 13.7. The number of hydrogen-bond donors (Lipinski definition) is 1. The molecule has 2 aromatic carbocycles. The molecule has 5 nitrogen and oxygen atoms in total. The van der Waals surface area contributed by atoms with E-state index in [1.165, 1.54) is 11.3 Å². The molecule has 2 amide bonds. The van der Waals surface area contributed by atoms with E-state index < -0.39 is 6.04 Å². The Morgan fingerprint density at radius 2 is 1.91 bits per heavy atom. The minimum atomic E-state index is -0.855. The van der Waals surface area contributed by atoms with Gasteiger partial charge in [-0.25, -0.2) is 0 Å². The Kier molecular flexibility index (Phi) is 7.68. The van der Waals surface area contributed by atoms with Crippen molar-refractivity contribution in [3.8, 4) is 5.75 Å². The Balaban J connectivity index is 1.78. The Bertz CT molecular complexity index is 1100. The second-order valence-electron chi connectivity index (χ2n) is 8.17. The number of carbonyl (C=O) groups is 2. The molecule has 7 heteroatoms. The van der Waals surface area contributed by atoms with Crippen molar-refractivity contribution in [2.45, 2.75) is 44.2 Å². The fourth-order valence-electron chi connectivity index (χ4n) is 4.29. The van der Waals surface area contributed by atoms with Crippen LogP contribution < -0.4 is 15.0 Å². The standard InChI is InChI=1S/C26H27ClN2O3S/c1-32-22-12-4-7-18(15-22)25(26(31)28-20-9-2-3-10-20)29(21-11-5-8-19(27)16-21)24(30)17-23-13-6-14-33-23/h4-8,11-16,20,25H,2-3,9-10,17H2,1H3,(H,28,31)/t25-/m0/s1. The van der Waals surface area contributed by atoms with Crippen molar-refractivity contribution in [2.75, 3.05) is 12.0 Å². The lowest BCUT2D eigenvalue weighted by molar-refractivity contribution is -0.127. The van der Waals surface area contributed by atoms with Crippen molar-refractivity contribution in [1.82, 2.24) is 5.32 Å². The lowest BCUT2D eigenvalue weighted by Gasteiger charge is -2.32. The first-order valence-corrected chi connectivity index (χ1v) is 12.4. The summed E-state index contributed by atoms with van der Waals surface area (Å²) >= 11 is 7.82. The van der Waals surface area contributed by atoms with E-state index in [1.807, 2.05) is 47.8 Å². The van der Waals surface area contributed by atoms with Crippen molar-refractivity contribution in [1.29, 1.82) is 0 Å². The molecular weight excluding hydrogens is 456 g/mol. The fourth-order valence-corrected chi connectivity index (χ4v) is 5.17. The highest BCUT2D eigenvalue weighted by molar-refractivity contribution is 7.10. The number of thiophene rings is 1. The zero-order valence-corrected chi connectivity index (χ0v) is 20.1. The highest BCUT2D eigenvalue weighted by Crippen LogP contribution is 2.33. The molecule has 0 radical (unpaired) electrons. The van der Waals surface area contributed by atoms with Gasteiger partial charge in [0.2, 0.25) is 11.8 Å². The van der Waals surface area contributed by atoms with Crippen LogP contribution in [0, 0.1) is 0 Å². The lowest BCUT2D eigenvalue weighted by Crippen LogP contribution is -2.46. The lowest BCUT2D eigenvalue weighted by atomic mass is 10.0. The van der Waals surface area contributed by atoms with Gasteiger partial charge in [0.05, 0.1) is 13.5 Å². The van der Waals surface area contributed by atoms with Crippen LogP contribution >= 0.6 is 22.9 Å². The highest BCUT2D eigenvalue weighted by atomic mass is 35.5. The number of benzene rings is 2. The first-order chi connectivity index (χ1) is 16.0. The quantitative estimate of drug-likeness (QED) is 0.442. The molecule has 0 unspecified atom stereocenters. The van der Waals surface area contributed by atoms with Gasteiger partial charge in [-0.1, -0.05) is 48.7 Å². The van der Waals surface area contributed by atoms with Crippen LogP contribution in [-0.2, 0) is 16.0 Å². The molecule has 4 rings (SSSR count). The summed E-state index contributed by atoms with van der Waals surface area (Å²) in [6.45, 7) is 0. The summed E-state index contributed by atoms with van der Waals surface area (Å²) in [5, 5.41) is 5.63. The summed E-state index contributed by atoms with van der Waals surface area (Å²) in [4.78, 5) is 30.0. The monoisotopic (exact) mass is 482 g/mol. The van der Waals surface area contributed by atoms with Crippen molar-refractivity contribution in [3.63, 3.8) is 0 Å². The maximum Gasteiger partial charge on any atom is 0.248 e. The topological polar surface area (TPSA) is 58.6 Å². The third-order valence-corrected chi connectivity index (χ3v) is 6.99. The van der Waals surface area contributed by atoms with E-state index in [4.69, 9.17) is 16.3 Å². The van der Waals surface area contributed by atoms with Gasteiger partial charge in [0.15, 0.2) is 0 Å². The molecule has 1 aliphatic carbocycles. The van der Waals surface area contributed by atoms with Gasteiger partial charge in [0.1, 0.15) is 11.8 Å². The number of anilines is 1. The van der Waals surface area contributed by atoms with Crippen LogP contribution in [0.2, 0.25) is 5.02 Å². The number of hydrogen-bond acceptors (Lipinski definition) is 4. The van der Waals surface area contributed by atoms with Crippen LogP contribution in [0.4, 0.5) is 5.69 Å². The molecule has 0 spiro atoms. The van der Waals surface area contributed by atoms with Crippen LogP contribution in [0.5, 0.6) is 5.75 Å². The molecule has 1 fully saturated rings. The molecule has 1 N–H and O–H groups in total. The molecule has 1 atom stereocenters. The van der Waals surface area contributed by atoms with Gasteiger partial charge in [-0.3, -0.25) is 14.5 Å². The third kappa shape index (κ3) is 5.75. The van der Waals surface area contributed by atoms with Crippen LogP contribution in [0.25, 0.3) is 0 Å². The molecule has 172 valence electrons. The summed E-state index contributed by atoms with van der Waals surface area (Å²) < 4.78 is 5.41. The number of rotatable bonds is 8. The van der Waals surface area contributed by atoms with Crippen molar-refractivity contribution >= 4 is 40.4 Å². The number of carbonyl (C=O) groups excluding carboxylic acids is 2. The summed E-state index contributed by atoms with van der Waals surface area (Å²) in [6, 6.07) is 17.5. The van der Waals surface area contributed by atoms with Gasteiger partial charge in [0, 0.05) is 21.6 Å². The van der Waals surface area contributed by atoms with Crippen LogP contribution in [-0.4, -0.2) is 25.0 Å². The van der Waals surface area contributed by atoms with E-state index in [9.17, 15) is 9.59 Å². The minimum absolute atomic E-state index is 0.124. The molecule has 1 heterocycles.